The van der Waals surface area contributed by atoms with Crippen molar-refractivity contribution in [3.63, 3.8) is 0 Å². The largest absolute Gasteiger partial charge is 0.496 e. The Morgan fingerprint density at radius 1 is 1.06 bits per heavy atom. The molecule has 6 nitrogen and oxygen atoms in total. The first-order chi connectivity index (χ1) is 16.5. The molecular weight excluding hydrogens is 446 g/mol. The van der Waals surface area contributed by atoms with Crippen molar-refractivity contribution in [2.45, 2.75) is 25.8 Å². The van der Waals surface area contributed by atoms with Crippen molar-refractivity contribution in [1.29, 1.82) is 0 Å². The third-order valence-electron chi connectivity index (χ3n) is 6.23. The number of thiazole rings is 1. The molecule has 3 aromatic carbocycles. The molecule has 2 unspecified atom stereocenters. The smallest absolute Gasteiger partial charge is 0.231 e. The van der Waals surface area contributed by atoms with Crippen LogP contribution in [0.25, 0.3) is 10.2 Å². The van der Waals surface area contributed by atoms with E-state index in [1.165, 1.54) is 11.3 Å². The minimum atomic E-state index is -0.505. The minimum absolute atomic E-state index is 0.0104. The van der Waals surface area contributed by atoms with E-state index in [1.54, 1.807) is 12.0 Å². The Morgan fingerprint density at radius 3 is 2.56 bits per heavy atom. The molecular formula is C27H25N3O3S. The molecule has 7 heteroatoms. The number of nitrogens with zero attached hydrogens (tertiary/aromatic N) is 2. The van der Waals surface area contributed by atoms with E-state index in [0.717, 1.165) is 27.0 Å². The Labute approximate surface area is 202 Å². The summed E-state index contributed by atoms with van der Waals surface area (Å²) in [5, 5.41) is 3.58. The fourth-order valence-electron chi connectivity index (χ4n) is 4.57. The Balaban J connectivity index is 1.55. The number of fused-ring (bicyclic) bond motifs is 1. The molecule has 1 saturated heterocycles. The predicted octanol–water partition coefficient (Wildman–Crippen LogP) is 5.74. The molecule has 1 aliphatic rings. The third-order valence-corrected chi connectivity index (χ3v) is 7.18. The number of aryl methyl sites for hydroxylation is 1. The molecule has 5 rings (SSSR count). The zero-order valence-electron chi connectivity index (χ0n) is 19.0. The average molecular weight is 472 g/mol. The van der Waals surface area contributed by atoms with Crippen molar-refractivity contribution in [2.24, 2.45) is 5.92 Å². The van der Waals surface area contributed by atoms with Crippen molar-refractivity contribution >= 4 is 44.2 Å². The van der Waals surface area contributed by atoms with Gasteiger partial charge in [-0.25, -0.2) is 4.98 Å². The summed E-state index contributed by atoms with van der Waals surface area (Å²) < 4.78 is 6.66. The summed E-state index contributed by atoms with van der Waals surface area (Å²) in [6, 6.07) is 22.7. The predicted molar refractivity (Wildman–Crippen MR) is 135 cm³/mol. The number of amides is 2. The number of anilines is 2. The molecule has 0 radical (unpaired) electrons. The first kappa shape index (κ1) is 22.1. The SMILES string of the molecule is COc1ccccc1C1C(C(=O)Nc2nc3ccccc3s2)CCC(=O)N1c1ccc(C)cc1. The number of nitrogens with one attached hydrogen (secondary N) is 1. The first-order valence-corrected chi connectivity index (χ1v) is 12.0. The summed E-state index contributed by atoms with van der Waals surface area (Å²) in [5.74, 6) is 0.0165. The number of para-hydroxylation sites is 2. The summed E-state index contributed by atoms with van der Waals surface area (Å²) in [6.45, 7) is 2.01. The van der Waals surface area contributed by atoms with Crippen LogP contribution < -0.4 is 15.0 Å². The molecule has 1 aliphatic heterocycles. The van der Waals surface area contributed by atoms with Crippen molar-refractivity contribution in [3.05, 3.63) is 83.9 Å². The van der Waals surface area contributed by atoms with Crippen LogP contribution in [0.2, 0.25) is 0 Å². The molecule has 1 fully saturated rings. The van der Waals surface area contributed by atoms with Gasteiger partial charge in [0.15, 0.2) is 5.13 Å². The average Bonchev–Trinajstić information content (AvgIpc) is 3.26. The number of aromatic nitrogens is 1. The second kappa shape index (κ2) is 9.27. The normalized spacial score (nSPS) is 18.2. The van der Waals surface area contributed by atoms with Crippen LogP contribution >= 0.6 is 11.3 Å². The molecule has 4 aromatic rings. The van der Waals surface area contributed by atoms with Crippen LogP contribution in [0.15, 0.2) is 72.8 Å². The molecule has 2 atom stereocenters. The molecule has 0 spiro atoms. The zero-order chi connectivity index (χ0) is 23.7. The molecule has 172 valence electrons. The van der Waals surface area contributed by atoms with Gasteiger partial charge in [-0.15, -0.1) is 0 Å². The molecule has 0 bridgehead atoms. The maximum Gasteiger partial charge on any atom is 0.231 e. The minimum Gasteiger partial charge on any atom is -0.496 e. The van der Waals surface area contributed by atoms with E-state index in [4.69, 9.17) is 4.74 Å². The number of methoxy groups -OCH3 is 1. The number of benzene rings is 3. The standard InChI is InChI=1S/C27H25N3O3S/c1-17-11-13-18(14-12-17)30-24(31)16-15-20(25(30)19-7-3-5-9-22(19)33-2)26(32)29-27-28-21-8-4-6-10-23(21)34-27/h3-14,20,25H,15-16H2,1-2H3,(H,28,29,32). The number of carbonyl (C=O) groups is 2. The molecule has 34 heavy (non-hydrogen) atoms. The number of hydrogen-bond donors (Lipinski definition) is 1. The molecule has 2 amide bonds. The lowest BCUT2D eigenvalue weighted by atomic mass is 9.82. The molecule has 1 N–H and O–H groups in total. The zero-order valence-corrected chi connectivity index (χ0v) is 19.8. The fraction of sp³-hybridized carbons (Fsp3) is 0.222. The number of ether oxygens (including phenoxy) is 1. The van der Waals surface area contributed by atoms with E-state index in [0.29, 0.717) is 17.3 Å². The van der Waals surface area contributed by atoms with Gasteiger partial charge in [-0.1, -0.05) is 59.4 Å². The van der Waals surface area contributed by atoms with Gasteiger partial charge in [0.25, 0.3) is 0 Å². The van der Waals surface area contributed by atoms with Gasteiger partial charge in [0.05, 0.1) is 29.3 Å². The van der Waals surface area contributed by atoms with Crippen molar-refractivity contribution < 1.29 is 14.3 Å². The lowest BCUT2D eigenvalue weighted by Gasteiger charge is -2.41. The first-order valence-electron chi connectivity index (χ1n) is 11.2. The summed E-state index contributed by atoms with van der Waals surface area (Å²) in [5.41, 5.74) is 3.53. The summed E-state index contributed by atoms with van der Waals surface area (Å²) >= 11 is 1.45. The summed E-state index contributed by atoms with van der Waals surface area (Å²) in [4.78, 5) is 33.2. The second-order valence-corrected chi connectivity index (χ2v) is 9.44. The fourth-order valence-corrected chi connectivity index (χ4v) is 5.44. The van der Waals surface area contributed by atoms with Gasteiger partial charge in [-0.3, -0.25) is 9.59 Å². The van der Waals surface area contributed by atoms with E-state index in [9.17, 15) is 9.59 Å². The van der Waals surface area contributed by atoms with Crippen molar-refractivity contribution in [1.82, 2.24) is 4.98 Å². The maximum atomic E-state index is 13.6. The quantitative estimate of drug-likeness (QED) is 0.403. The van der Waals surface area contributed by atoms with Gasteiger partial charge >= 0.3 is 0 Å². The molecule has 2 heterocycles. The van der Waals surface area contributed by atoms with E-state index >= 15 is 0 Å². The Hall–Kier alpha value is -3.71. The Kier molecular flexibility index (Phi) is 6.02. The highest BCUT2D eigenvalue weighted by molar-refractivity contribution is 7.22. The highest BCUT2D eigenvalue weighted by Crippen LogP contribution is 2.43. The van der Waals surface area contributed by atoms with Crippen molar-refractivity contribution in [2.75, 3.05) is 17.3 Å². The van der Waals surface area contributed by atoms with Crippen LogP contribution in [0, 0.1) is 12.8 Å². The van der Waals surface area contributed by atoms with Crippen LogP contribution in [0.1, 0.15) is 30.0 Å². The Morgan fingerprint density at radius 2 is 1.79 bits per heavy atom. The van der Waals surface area contributed by atoms with Crippen LogP contribution in [0.4, 0.5) is 10.8 Å². The lowest BCUT2D eigenvalue weighted by Crippen LogP contribution is -2.47. The van der Waals surface area contributed by atoms with E-state index in [-0.39, 0.29) is 18.2 Å². The van der Waals surface area contributed by atoms with Crippen LogP contribution in [-0.4, -0.2) is 23.9 Å². The monoisotopic (exact) mass is 471 g/mol. The highest BCUT2D eigenvalue weighted by Gasteiger charge is 2.42. The van der Waals surface area contributed by atoms with Gasteiger partial charge in [0.2, 0.25) is 11.8 Å². The van der Waals surface area contributed by atoms with Gasteiger partial charge in [0.1, 0.15) is 5.75 Å². The Bertz CT molecular complexity index is 1320. The number of hydrogen-bond acceptors (Lipinski definition) is 5. The maximum absolute atomic E-state index is 13.6. The van der Waals surface area contributed by atoms with Gasteiger partial charge < -0.3 is 15.0 Å². The van der Waals surface area contributed by atoms with Crippen LogP contribution in [0.5, 0.6) is 5.75 Å². The molecule has 0 aliphatic carbocycles. The van der Waals surface area contributed by atoms with Gasteiger partial charge in [-0.2, -0.15) is 0 Å². The van der Waals surface area contributed by atoms with Crippen LogP contribution in [0.3, 0.4) is 0 Å². The van der Waals surface area contributed by atoms with Gasteiger partial charge in [-0.05, 0) is 43.7 Å². The number of piperidine rings is 1. The van der Waals surface area contributed by atoms with Crippen LogP contribution in [-0.2, 0) is 9.59 Å². The van der Waals surface area contributed by atoms with E-state index < -0.39 is 12.0 Å². The summed E-state index contributed by atoms with van der Waals surface area (Å²) in [7, 11) is 1.61. The third kappa shape index (κ3) is 4.15. The number of carbonyl (C=O) groups excluding carboxylic acids is 2. The topological polar surface area (TPSA) is 71.5 Å². The van der Waals surface area contributed by atoms with E-state index in [2.05, 4.69) is 10.3 Å². The molecule has 0 saturated carbocycles. The van der Waals surface area contributed by atoms with Gasteiger partial charge in [0, 0.05) is 17.7 Å². The number of rotatable bonds is 5. The van der Waals surface area contributed by atoms with Crippen molar-refractivity contribution in [3.8, 4) is 5.75 Å². The summed E-state index contributed by atoms with van der Waals surface area (Å²) in [6.07, 6.45) is 0.734. The van der Waals surface area contributed by atoms with E-state index in [1.807, 2.05) is 79.7 Å². The lowest BCUT2D eigenvalue weighted by molar-refractivity contribution is -0.125. The molecule has 1 aromatic heterocycles. The second-order valence-electron chi connectivity index (χ2n) is 8.41. The highest BCUT2D eigenvalue weighted by atomic mass is 32.1.